The Morgan fingerprint density at radius 2 is 1.81 bits per heavy atom. The Balaban J connectivity index is 1.87. The molecule has 0 aromatic rings. The van der Waals surface area contributed by atoms with E-state index in [-0.39, 0.29) is 0 Å². The Labute approximate surface area is 99.9 Å². The maximum atomic E-state index is 6.36. The van der Waals surface area contributed by atoms with Crippen LogP contribution in [-0.4, -0.2) is 12.2 Å². The quantitative estimate of drug-likeness (QED) is 0.604. The largest absolute Gasteiger partial charge is 0.375 e. The van der Waals surface area contributed by atoms with E-state index in [9.17, 15) is 0 Å². The van der Waals surface area contributed by atoms with Gasteiger partial charge < -0.3 is 4.74 Å². The lowest BCUT2D eigenvalue weighted by molar-refractivity contribution is -0.151. The summed E-state index contributed by atoms with van der Waals surface area (Å²) in [6.07, 6.45) is 6.52. The Hall–Kier alpha value is -0.0400. The molecule has 3 rings (SSSR count). The summed E-state index contributed by atoms with van der Waals surface area (Å²) >= 11 is 0. The number of hydrogen-bond donors (Lipinski definition) is 0. The molecule has 3 aliphatic rings. The average Bonchev–Trinajstić information content (AvgIpc) is 2.19. The summed E-state index contributed by atoms with van der Waals surface area (Å²) in [5.41, 5.74) is 0.537. The van der Waals surface area contributed by atoms with Gasteiger partial charge in [-0.25, -0.2) is 0 Å². The Morgan fingerprint density at radius 3 is 2.50 bits per heavy atom. The van der Waals surface area contributed by atoms with Crippen LogP contribution in [0.15, 0.2) is 0 Å². The first-order chi connectivity index (χ1) is 7.47. The van der Waals surface area contributed by atoms with Crippen LogP contribution in [0, 0.1) is 29.1 Å². The first-order valence-corrected chi connectivity index (χ1v) is 7.13. The number of fused-ring (bicyclic) bond motifs is 4. The van der Waals surface area contributed by atoms with Gasteiger partial charge in [-0.3, -0.25) is 0 Å². The van der Waals surface area contributed by atoms with Crippen molar-refractivity contribution in [3.05, 3.63) is 0 Å². The molecule has 0 N–H and O–H groups in total. The van der Waals surface area contributed by atoms with E-state index in [0.717, 1.165) is 23.7 Å². The first-order valence-electron chi connectivity index (χ1n) is 7.13. The molecule has 16 heavy (non-hydrogen) atoms. The van der Waals surface area contributed by atoms with E-state index in [1.807, 2.05) is 0 Å². The second-order valence-electron chi connectivity index (χ2n) is 7.47. The van der Waals surface area contributed by atoms with Crippen LogP contribution >= 0.6 is 0 Å². The summed E-state index contributed by atoms with van der Waals surface area (Å²) in [6, 6.07) is 0. The summed E-state index contributed by atoms with van der Waals surface area (Å²) in [5.74, 6) is 3.56. The van der Waals surface area contributed by atoms with Crippen molar-refractivity contribution in [1.29, 1.82) is 0 Å². The zero-order chi connectivity index (χ0) is 11.5. The highest BCUT2D eigenvalue weighted by atomic mass is 16.5. The van der Waals surface area contributed by atoms with Gasteiger partial charge in [0.1, 0.15) is 0 Å². The molecule has 6 atom stereocenters. The Morgan fingerprint density at radius 1 is 1.06 bits per heavy atom. The van der Waals surface area contributed by atoms with Crippen molar-refractivity contribution in [2.45, 2.75) is 65.6 Å². The molecule has 2 aliphatic heterocycles. The Kier molecular flexibility index (Phi) is 2.41. The molecule has 0 radical (unpaired) electrons. The van der Waals surface area contributed by atoms with E-state index >= 15 is 0 Å². The van der Waals surface area contributed by atoms with Gasteiger partial charge in [0.15, 0.2) is 0 Å². The molecule has 1 nitrogen and oxygen atoms in total. The van der Waals surface area contributed by atoms with E-state index in [4.69, 9.17) is 4.74 Å². The van der Waals surface area contributed by atoms with Gasteiger partial charge in [0.2, 0.25) is 0 Å². The minimum absolute atomic E-state index is 0.537. The smallest absolute Gasteiger partial charge is 0.0617 e. The highest BCUT2D eigenvalue weighted by molar-refractivity contribution is 5.04. The maximum Gasteiger partial charge on any atom is 0.0617 e. The second kappa shape index (κ2) is 3.48. The van der Waals surface area contributed by atoms with Crippen molar-refractivity contribution < 1.29 is 4.74 Å². The van der Waals surface area contributed by atoms with Gasteiger partial charge in [-0.2, -0.15) is 0 Å². The van der Waals surface area contributed by atoms with Gasteiger partial charge in [-0.05, 0) is 54.8 Å². The molecule has 0 amide bonds. The lowest BCUT2D eigenvalue weighted by Crippen LogP contribution is -2.52. The third kappa shape index (κ3) is 1.54. The van der Waals surface area contributed by atoms with Gasteiger partial charge in [0.25, 0.3) is 0 Å². The molecule has 4 unspecified atom stereocenters. The monoisotopic (exact) mass is 222 g/mol. The molecular formula is C15H26O. The van der Waals surface area contributed by atoms with Crippen molar-refractivity contribution in [2.24, 2.45) is 29.1 Å². The summed E-state index contributed by atoms with van der Waals surface area (Å²) in [7, 11) is 0. The molecule has 3 fully saturated rings. The SMILES string of the molecule is CC1C[C@H]2CC(C)C3CC(C)(C)C3[C@@H](C1)O2. The number of hydrogen-bond acceptors (Lipinski definition) is 1. The lowest BCUT2D eigenvalue weighted by atomic mass is 9.50. The van der Waals surface area contributed by atoms with Crippen LogP contribution in [0.4, 0.5) is 0 Å². The Bertz CT molecular complexity index is 283. The fraction of sp³-hybridized carbons (Fsp3) is 1.00. The predicted molar refractivity (Wildman–Crippen MR) is 66.2 cm³/mol. The third-order valence-electron chi connectivity index (χ3n) is 5.56. The van der Waals surface area contributed by atoms with E-state index in [1.165, 1.54) is 25.7 Å². The molecular weight excluding hydrogens is 196 g/mol. The molecule has 0 aromatic carbocycles. The first kappa shape index (κ1) is 11.1. The van der Waals surface area contributed by atoms with Gasteiger partial charge in [-0.15, -0.1) is 0 Å². The van der Waals surface area contributed by atoms with Crippen molar-refractivity contribution in [3.8, 4) is 0 Å². The van der Waals surface area contributed by atoms with Gasteiger partial charge in [0.05, 0.1) is 12.2 Å². The van der Waals surface area contributed by atoms with Crippen molar-refractivity contribution in [2.75, 3.05) is 0 Å². The van der Waals surface area contributed by atoms with Crippen LogP contribution in [0.2, 0.25) is 0 Å². The normalized spacial score (nSPS) is 54.8. The molecule has 0 spiro atoms. The predicted octanol–water partition coefficient (Wildman–Crippen LogP) is 3.87. The molecule has 0 aromatic heterocycles. The highest BCUT2D eigenvalue weighted by Gasteiger charge is 2.56. The summed E-state index contributed by atoms with van der Waals surface area (Å²) in [4.78, 5) is 0. The summed E-state index contributed by atoms with van der Waals surface area (Å²) in [5, 5.41) is 0. The van der Waals surface area contributed by atoms with E-state index in [1.54, 1.807) is 0 Å². The second-order valence-corrected chi connectivity index (χ2v) is 7.47. The lowest BCUT2D eigenvalue weighted by Gasteiger charge is -2.56. The van der Waals surface area contributed by atoms with Crippen molar-refractivity contribution >= 4 is 0 Å². The van der Waals surface area contributed by atoms with Crippen LogP contribution in [0.5, 0.6) is 0 Å². The van der Waals surface area contributed by atoms with Crippen LogP contribution in [-0.2, 0) is 4.74 Å². The fourth-order valence-corrected chi connectivity index (χ4v) is 4.90. The molecule has 1 saturated carbocycles. The molecule has 92 valence electrons. The number of ether oxygens (including phenoxy) is 1. The molecule has 2 bridgehead atoms. The van der Waals surface area contributed by atoms with Gasteiger partial charge in [-0.1, -0.05) is 27.7 Å². The van der Waals surface area contributed by atoms with Crippen LogP contribution in [0.25, 0.3) is 0 Å². The average molecular weight is 222 g/mol. The molecule has 2 saturated heterocycles. The maximum absolute atomic E-state index is 6.36. The van der Waals surface area contributed by atoms with Crippen LogP contribution in [0.1, 0.15) is 53.4 Å². The highest BCUT2D eigenvalue weighted by Crippen LogP contribution is 2.60. The minimum atomic E-state index is 0.537. The third-order valence-corrected chi connectivity index (χ3v) is 5.56. The fourth-order valence-electron chi connectivity index (χ4n) is 4.90. The van der Waals surface area contributed by atoms with E-state index in [0.29, 0.717) is 17.6 Å². The molecule has 2 heterocycles. The summed E-state index contributed by atoms with van der Waals surface area (Å²) < 4.78 is 6.36. The standard InChI is InChI=1S/C15H26O/c1-9-5-11-7-10(2)12-8-15(3,4)14(12)13(6-9)16-11/h9-14H,5-8H2,1-4H3/t9?,10?,11-,12?,13+,14?/m0/s1. The number of rotatable bonds is 0. The molecule has 1 aliphatic carbocycles. The summed E-state index contributed by atoms with van der Waals surface area (Å²) in [6.45, 7) is 9.77. The minimum Gasteiger partial charge on any atom is -0.375 e. The van der Waals surface area contributed by atoms with Gasteiger partial charge >= 0.3 is 0 Å². The van der Waals surface area contributed by atoms with Crippen molar-refractivity contribution in [3.63, 3.8) is 0 Å². The van der Waals surface area contributed by atoms with Gasteiger partial charge in [0, 0.05) is 0 Å². The van der Waals surface area contributed by atoms with Crippen LogP contribution in [0.3, 0.4) is 0 Å². The van der Waals surface area contributed by atoms with Crippen molar-refractivity contribution in [1.82, 2.24) is 0 Å². The van der Waals surface area contributed by atoms with Crippen LogP contribution < -0.4 is 0 Å². The zero-order valence-electron chi connectivity index (χ0n) is 11.2. The van der Waals surface area contributed by atoms with E-state index in [2.05, 4.69) is 27.7 Å². The van der Waals surface area contributed by atoms with E-state index < -0.39 is 0 Å². The molecule has 1 heteroatoms. The zero-order valence-corrected chi connectivity index (χ0v) is 11.2. The topological polar surface area (TPSA) is 9.23 Å².